The molecule has 0 spiro atoms. The van der Waals surface area contributed by atoms with Crippen LogP contribution < -0.4 is 5.56 Å². The summed E-state index contributed by atoms with van der Waals surface area (Å²) < 4.78 is 1.92. The number of fused-ring (bicyclic) bond motifs is 3. The summed E-state index contributed by atoms with van der Waals surface area (Å²) in [6.45, 7) is 9.44. The number of thioether (sulfide) groups is 1. The molecular weight excluding hydrogens is 400 g/mol. The Morgan fingerprint density at radius 1 is 1.10 bits per heavy atom. The van der Waals surface area contributed by atoms with Gasteiger partial charge in [-0.1, -0.05) is 94.1 Å². The second-order valence-electron chi connectivity index (χ2n) is 9.27. The van der Waals surface area contributed by atoms with Crippen molar-refractivity contribution in [2.45, 2.75) is 64.1 Å². The number of rotatable bonds is 7. The van der Waals surface area contributed by atoms with E-state index in [4.69, 9.17) is 4.98 Å². The molecule has 0 radical (unpaired) electrons. The molecule has 0 amide bonds. The van der Waals surface area contributed by atoms with Crippen LogP contribution in [0, 0.1) is 5.92 Å². The van der Waals surface area contributed by atoms with E-state index in [9.17, 15) is 4.79 Å². The summed E-state index contributed by atoms with van der Waals surface area (Å²) >= 11 is 1.72. The molecule has 0 N–H and O–H groups in total. The predicted octanol–water partition coefficient (Wildman–Crippen LogP) is 6.32. The van der Waals surface area contributed by atoms with Crippen molar-refractivity contribution in [1.82, 2.24) is 9.55 Å². The van der Waals surface area contributed by atoms with Crippen molar-refractivity contribution >= 4 is 11.8 Å². The van der Waals surface area contributed by atoms with Gasteiger partial charge in [-0.25, -0.2) is 4.98 Å². The summed E-state index contributed by atoms with van der Waals surface area (Å²) in [6, 6.07) is 18.7. The largest absolute Gasteiger partial charge is 0.283 e. The van der Waals surface area contributed by atoms with Crippen molar-refractivity contribution in [2.24, 2.45) is 5.92 Å². The summed E-state index contributed by atoms with van der Waals surface area (Å²) in [5.74, 6) is 1.59. The van der Waals surface area contributed by atoms with Crippen LogP contribution in [-0.4, -0.2) is 15.3 Å². The van der Waals surface area contributed by atoms with Crippen LogP contribution in [0.2, 0.25) is 0 Å². The Kier molecular flexibility index (Phi) is 6.38. The normalized spacial score (nSPS) is 17.5. The van der Waals surface area contributed by atoms with Gasteiger partial charge in [-0.05, 0) is 36.3 Å². The minimum absolute atomic E-state index is 0.125. The van der Waals surface area contributed by atoms with E-state index in [0.717, 1.165) is 52.6 Å². The Bertz CT molecular complexity index is 1120. The average Bonchev–Trinajstić information content (AvgIpc) is 2.76. The van der Waals surface area contributed by atoms with Crippen molar-refractivity contribution in [1.29, 1.82) is 0 Å². The maximum atomic E-state index is 14.0. The van der Waals surface area contributed by atoms with E-state index in [1.54, 1.807) is 11.8 Å². The zero-order valence-corrected chi connectivity index (χ0v) is 19.8. The standard InChI is InChI=1S/C27H32N2OS/c1-5-27(4)17-21-13-9-10-14-22(21)24-23(27)25(30)29(18-20-11-7-6-8-12-20)26(28-24)31-16-15-19(2)3/h6-14,19H,5,15-18H2,1-4H3. The zero-order chi connectivity index (χ0) is 22.0. The second-order valence-corrected chi connectivity index (χ2v) is 10.3. The van der Waals surface area contributed by atoms with Crippen LogP contribution >= 0.6 is 11.8 Å². The number of aromatic nitrogens is 2. The minimum Gasteiger partial charge on any atom is -0.283 e. The van der Waals surface area contributed by atoms with Crippen molar-refractivity contribution in [3.63, 3.8) is 0 Å². The van der Waals surface area contributed by atoms with E-state index < -0.39 is 0 Å². The smallest absolute Gasteiger partial charge is 0.258 e. The zero-order valence-electron chi connectivity index (χ0n) is 19.0. The van der Waals surface area contributed by atoms with Crippen molar-refractivity contribution in [3.05, 3.63) is 81.6 Å². The van der Waals surface area contributed by atoms with E-state index in [1.807, 2.05) is 22.8 Å². The topological polar surface area (TPSA) is 34.9 Å². The lowest BCUT2D eigenvalue weighted by Gasteiger charge is -2.36. The molecule has 1 aliphatic carbocycles. The summed E-state index contributed by atoms with van der Waals surface area (Å²) in [4.78, 5) is 19.2. The number of benzene rings is 2. The van der Waals surface area contributed by atoms with Crippen LogP contribution in [0.5, 0.6) is 0 Å². The van der Waals surface area contributed by atoms with Crippen molar-refractivity contribution < 1.29 is 0 Å². The summed E-state index contributed by atoms with van der Waals surface area (Å²) in [6.07, 6.45) is 2.90. The molecule has 2 aromatic carbocycles. The van der Waals surface area contributed by atoms with Gasteiger partial charge in [-0.15, -0.1) is 0 Å². The van der Waals surface area contributed by atoms with Crippen molar-refractivity contribution in [2.75, 3.05) is 5.75 Å². The molecule has 0 fully saturated rings. The minimum atomic E-state index is -0.201. The van der Waals surface area contributed by atoms with Crippen LogP contribution in [0.15, 0.2) is 64.5 Å². The highest BCUT2D eigenvalue weighted by Crippen LogP contribution is 2.43. The number of hydrogen-bond donors (Lipinski definition) is 0. The summed E-state index contributed by atoms with van der Waals surface area (Å²) in [7, 11) is 0. The van der Waals surface area contributed by atoms with Crippen LogP contribution in [0.3, 0.4) is 0 Å². The summed E-state index contributed by atoms with van der Waals surface area (Å²) in [5, 5.41) is 0.836. The molecule has 4 rings (SSSR count). The first-order chi connectivity index (χ1) is 14.9. The third-order valence-corrected chi connectivity index (χ3v) is 7.49. The van der Waals surface area contributed by atoms with Gasteiger partial charge in [-0.3, -0.25) is 9.36 Å². The van der Waals surface area contributed by atoms with Crippen molar-refractivity contribution in [3.8, 4) is 11.3 Å². The average molecular weight is 433 g/mol. The first kappa shape index (κ1) is 21.9. The first-order valence-electron chi connectivity index (χ1n) is 11.3. The van der Waals surface area contributed by atoms with Gasteiger partial charge in [0.15, 0.2) is 5.16 Å². The Morgan fingerprint density at radius 3 is 2.52 bits per heavy atom. The molecule has 0 aliphatic heterocycles. The summed E-state index contributed by atoms with van der Waals surface area (Å²) in [5.41, 5.74) is 5.26. The maximum Gasteiger partial charge on any atom is 0.258 e. The first-order valence-corrected chi connectivity index (χ1v) is 12.3. The lowest BCUT2D eigenvalue weighted by molar-refractivity contribution is 0.430. The Hall–Kier alpha value is -2.33. The van der Waals surface area contributed by atoms with Gasteiger partial charge in [0.1, 0.15) is 0 Å². The molecule has 3 nitrogen and oxygen atoms in total. The SMILES string of the molecule is CCC1(C)Cc2ccccc2-c2nc(SCCC(C)C)n(Cc3ccccc3)c(=O)c21. The highest BCUT2D eigenvalue weighted by Gasteiger charge is 2.38. The lowest BCUT2D eigenvalue weighted by atomic mass is 9.69. The van der Waals surface area contributed by atoms with Crippen LogP contribution in [-0.2, 0) is 18.4 Å². The molecule has 1 aliphatic rings. The highest BCUT2D eigenvalue weighted by atomic mass is 32.2. The van der Waals surface area contributed by atoms with Gasteiger partial charge in [0.2, 0.25) is 0 Å². The molecule has 31 heavy (non-hydrogen) atoms. The van der Waals surface area contributed by atoms with E-state index in [1.165, 1.54) is 5.56 Å². The third kappa shape index (κ3) is 4.36. The van der Waals surface area contributed by atoms with E-state index >= 15 is 0 Å². The lowest BCUT2D eigenvalue weighted by Crippen LogP contribution is -2.40. The Balaban J connectivity index is 1.90. The fraction of sp³-hybridized carbons (Fsp3) is 0.407. The van der Waals surface area contributed by atoms with Gasteiger partial charge >= 0.3 is 0 Å². The molecule has 1 heterocycles. The van der Waals surface area contributed by atoms with E-state index in [2.05, 4.69) is 64.1 Å². The number of nitrogens with zero attached hydrogens (tertiary/aromatic N) is 2. The maximum absolute atomic E-state index is 14.0. The second kappa shape index (κ2) is 9.04. The molecular formula is C27H32N2OS. The molecule has 3 aromatic rings. The van der Waals surface area contributed by atoms with Crippen LogP contribution in [0.4, 0.5) is 0 Å². The van der Waals surface area contributed by atoms with Gasteiger partial charge in [-0.2, -0.15) is 0 Å². The predicted molar refractivity (Wildman–Crippen MR) is 131 cm³/mol. The Morgan fingerprint density at radius 2 is 1.81 bits per heavy atom. The fourth-order valence-electron chi connectivity index (χ4n) is 4.39. The molecule has 0 saturated heterocycles. The quantitative estimate of drug-likeness (QED) is 0.324. The molecule has 4 heteroatoms. The molecule has 1 unspecified atom stereocenters. The molecule has 1 atom stereocenters. The Labute approximate surface area is 189 Å². The molecule has 0 saturated carbocycles. The van der Waals surface area contributed by atoms with Crippen LogP contribution in [0.25, 0.3) is 11.3 Å². The fourth-order valence-corrected chi connectivity index (χ4v) is 5.62. The molecule has 1 aromatic heterocycles. The third-order valence-electron chi connectivity index (χ3n) is 6.48. The van der Waals surface area contributed by atoms with Gasteiger partial charge in [0.25, 0.3) is 5.56 Å². The highest BCUT2D eigenvalue weighted by molar-refractivity contribution is 7.99. The number of hydrogen-bond acceptors (Lipinski definition) is 3. The van der Waals surface area contributed by atoms with Gasteiger partial charge in [0, 0.05) is 16.7 Å². The van der Waals surface area contributed by atoms with E-state index in [0.29, 0.717) is 12.5 Å². The molecule has 162 valence electrons. The van der Waals surface area contributed by atoms with E-state index in [-0.39, 0.29) is 11.0 Å². The monoisotopic (exact) mass is 432 g/mol. The van der Waals surface area contributed by atoms with Gasteiger partial charge in [0.05, 0.1) is 17.8 Å². The van der Waals surface area contributed by atoms with Crippen LogP contribution in [0.1, 0.15) is 57.2 Å². The van der Waals surface area contributed by atoms with Gasteiger partial charge < -0.3 is 0 Å². The molecule has 0 bridgehead atoms.